The number of aryl methyl sites for hydroxylation is 1. The number of aromatic hydroxyl groups is 1. The highest BCUT2D eigenvalue weighted by molar-refractivity contribution is 6.27. The molecular formula is C18H25N3O5. The van der Waals surface area contributed by atoms with Crippen molar-refractivity contribution in [1.29, 1.82) is 0 Å². The number of nitrogens with zero attached hydrogens (tertiary/aromatic N) is 1. The van der Waals surface area contributed by atoms with Crippen molar-refractivity contribution in [1.82, 2.24) is 15.3 Å². The molecule has 5 N–H and O–H groups in total. The third-order valence-corrected chi connectivity index (χ3v) is 3.75. The van der Waals surface area contributed by atoms with Crippen LogP contribution in [0.15, 0.2) is 36.8 Å². The van der Waals surface area contributed by atoms with Gasteiger partial charge in [-0.15, -0.1) is 0 Å². The molecule has 1 atom stereocenters. The summed E-state index contributed by atoms with van der Waals surface area (Å²) in [5.74, 6) is -3.31. The Morgan fingerprint density at radius 3 is 2.50 bits per heavy atom. The molecule has 0 aliphatic heterocycles. The van der Waals surface area contributed by atoms with Crippen molar-refractivity contribution in [3.05, 3.63) is 48.0 Å². The van der Waals surface area contributed by atoms with Gasteiger partial charge in [0, 0.05) is 17.9 Å². The predicted molar refractivity (Wildman–Crippen MR) is 96.1 cm³/mol. The maximum Gasteiger partial charge on any atom is 0.414 e. The second-order valence-corrected chi connectivity index (χ2v) is 5.71. The van der Waals surface area contributed by atoms with Crippen LogP contribution in [-0.2, 0) is 22.4 Å². The summed E-state index contributed by atoms with van der Waals surface area (Å²) in [5, 5.41) is 27.8. The van der Waals surface area contributed by atoms with E-state index in [-0.39, 0.29) is 0 Å². The van der Waals surface area contributed by atoms with E-state index in [2.05, 4.69) is 22.2 Å². The number of aromatic amines is 1. The number of aromatic nitrogens is 2. The summed E-state index contributed by atoms with van der Waals surface area (Å²) in [5.41, 5.74) is 2.36. The third kappa shape index (κ3) is 8.84. The lowest BCUT2D eigenvalue weighted by Gasteiger charge is -2.16. The van der Waals surface area contributed by atoms with E-state index >= 15 is 0 Å². The van der Waals surface area contributed by atoms with Gasteiger partial charge in [-0.3, -0.25) is 0 Å². The number of rotatable bonds is 8. The number of hydrogen-bond acceptors (Lipinski definition) is 5. The van der Waals surface area contributed by atoms with E-state index in [0.29, 0.717) is 11.8 Å². The molecule has 2 rings (SSSR count). The zero-order chi connectivity index (χ0) is 19.4. The van der Waals surface area contributed by atoms with Crippen molar-refractivity contribution in [3.63, 3.8) is 0 Å². The number of phenolic OH excluding ortho intramolecular Hbond substituents is 1. The van der Waals surface area contributed by atoms with Gasteiger partial charge in [-0.25, -0.2) is 14.6 Å². The van der Waals surface area contributed by atoms with E-state index < -0.39 is 11.9 Å². The molecule has 0 aliphatic carbocycles. The highest BCUT2D eigenvalue weighted by Crippen LogP contribution is 2.11. The Labute approximate surface area is 151 Å². The zero-order valence-corrected chi connectivity index (χ0v) is 14.7. The number of imidazole rings is 1. The number of H-pyrrole nitrogens is 1. The molecule has 1 aromatic heterocycles. The molecule has 1 unspecified atom stereocenters. The SMILES string of the molecule is CCC(CCc1cnc[nH]1)NCCc1cccc(O)c1.O=C(O)C(=O)O. The lowest BCUT2D eigenvalue weighted by molar-refractivity contribution is -0.159. The topological polar surface area (TPSA) is 136 Å². The number of hydrogen-bond donors (Lipinski definition) is 5. The van der Waals surface area contributed by atoms with Gasteiger partial charge in [-0.2, -0.15) is 0 Å². The van der Waals surface area contributed by atoms with E-state index in [4.69, 9.17) is 19.8 Å². The van der Waals surface area contributed by atoms with Crippen molar-refractivity contribution in [2.24, 2.45) is 0 Å². The van der Waals surface area contributed by atoms with Crippen molar-refractivity contribution in [2.45, 2.75) is 38.6 Å². The second kappa shape index (κ2) is 11.6. The fourth-order valence-electron chi connectivity index (χ4n) is 2.33. The van der Waals surface area contributed by atoms with Crippen LogP contribution in [0.1, 0.15) is 31.0 Å². The first-order valence-corrected chi connectivity index (χ1v) is 8.37. The fourth-order valence-corrected chi connectivity index (χ4v) is 2.33. The molecule has 8 nitrogen and oxygen atoms in total. The standard InChI is InChI=1S/C16H23N3O.C2H2O4/c1-2-14(6-7-15-11-17-12-19-15)18-9-8-13-4-3-5-16(20)10-13;3-1(4)2(5)6/h3-5,10-12,14,18,20H,2,6-9H2,1H3,(H,17,19);(H,3,4)(H,5,6). The largest absolute Gasteiger partial charge is 0.508 e. The highest BCUT2D eigenvalue weighted by Gasteiger charge is 2.06. The zero-order valence-electron chi connectivity index (χ0n) is 14.7. The van der Waals surface area contributed by atoms with Gasteiger partial charge in [-0.1, -0.05) is 19.1 Å². The van der Waals surface area contributed by atoms with Crippen LogP contribution >= 0.6 is 0 Å². The van der Waals surface area contributed by atoms with Gasteiger partial charge < -0.3 is 25.6 Å². The van der Waals surface area contributed by atoms with Gasteiger partial charge >= 0.3 is 11.9 Å². The minimum Gasteiger partial charge on any atom is -0.508 e. The Morgan fingerprint density at radius 1 is 1.23 bits per heavy atom. The summed E-state index contributed by atoms with van der Waals surface area (Å²) in [4.78, 5) is 25.4. The number of phenols is 1. The molecule has 0 aliphatic rings. The molecule has 0 bridgehead atoms. The van der Waals surface area contributed by atoms with Gasteiger partial charge in [0.25, 0.3) is 0 Å². The van der Waals surface area contributed by atoms with E-state index in [1.807, 2.05) is 24.4 Å². The number of aliphatic carboxylic acids is 2. The van der Waals surface area contributed by atoms with Crippen LogP contribution in [0.3, 0.4) is 0 Å². The smallest absolute Gasteiger partial charge is 0.414 e. The lowest BCUT2D eigenvalue weighted by Crippen LogP contribution is -2.30. The van der Waals surface area contributed by atoms with Crippen molar-refractivity contribution in [2.75, 3.05) is 6.54 Å². The monoisotopic (exact) mass is 363 g/mol. The molecular weight excluding hydrogens is 338 g/mol. The normalized spacial score (nSPS) is 11.3. The summed E-state index contributed by atoms with van der Waals surface area (Å²) >= 11 is 0. The molecule has 8 heteroatoms. The number of nitrogens with one attached hydrogen (secondary N) is 2. The Morgan fingerprint density at radius 2 is 1.96 bits per heavy atom. The van der Waals surface area contributed by atoms with E-state index in [1.54, 1.807) is 12.4 Å². The Bertz CT molecular complexity index is 661. The minimum absolute atomic E-state index is 0.341. The highest BCUT2D eigenvalue weighted by atomic mass is 16.4. The molecule has 0 spiro atoms. The molecule has 0 saturated carbocycles. The summed E-state index contributed by atoms with van der Waals surface area (Å²) in [7, 11) is 0. The third-order valence-electron chi connectivity index (χ3n) is 3.75. The average Bonchev–Trinajstić information content (AvgIpc) is 3.12. The van der Waals surface area contributed by atoms with E-state index in [1.165, 1.54) is 11.3 Å². The van der Waals surface area contributed by atoms with Gasteiger partial charge in [0.1, 0.15) is 5.75 Å². The fraction of sp³-hybridized carbons (Fsp3) is 0.389. The lowest BCUT2D eigenvalue weighted by atomic mass is 10.1. The molecule has 26 heavy (non-hydrogen) atoms. The quantitative estimate of drug-likeness (QED) is 0.451. The van der Waals surface area contributed by atoms with Gasteiger partial charge in [0.05, 0.1) is 6.33 Å². The summed E-state index contributed by atoms with van der Waals surface area (Å²) < 4.78 is 0. The number of benzene rings is 1. The molecule has 0 saturated heterocycles. The van der Waals surface area contributed by atoms with E-state index in [0.717, 1.165) is 32.2 Å². The molecule has 142 valence electrons. The first kappa shape index (κ1) is 21.2. The van der Waals surface area contributed by atoms with E-state index in [9.17, 15) is 5.11 Å². The number of carbonyl (C=O) groups is 2. The average molecular weight is 363 g/mol. The predicted octanol–water partition coefficient (Wildman–Crippen LogP) is 1.81. The minimum atomic E-state index is -1.82. The Kier molecular flexibility index (Phi) is 9.48. The molecule has 0 fully saturated rings. The van der Waals surface area contributed by atoms with Crippen LogP contribution in [0.4, 0.5) is 0 Å². The molecule has 2 aromatic rings. The summed E-state index contributed by atoms with van der Waals surface area (Å²) in [6.45, 7) is 3.14. The van der Waals surface area contributed by atoms with Gasteiger partial charge in [0.2, 0.25) is 0 Å². The number of carboxylic acids is 2. The Hall–Kier alpha value is -2.87. The van der Waals surface area contributed by atoms with Crippen molar-refractivity contribution >= 4 is 11.9 Å². The van der Waals surface area contributed by atoms with Gasteiger partial charge in [-0.05, 0) is 49.9 Å². The van der Waals surface area contributed by atoms with Crippen LogP contribution in [-0.4, -0.2) is 49.8 Å². The maximum absolute atomic E-state index is 9.43. The van der Waals surface area contributed by atoms with Crippen LogP contribution in [0.2, 0.25) is 0 Å². The molecule has 1 heterocycles. The summed E-state index contributed by atoms with van der Waals surface area (Å²) in [6, 6.07) is 7.99. The van der Waals surface area contributed by atoms with Gasteiger partial charge in [0.15, 0.2) is 0 Å². The van der Waals surface area contributed by atoms with Crippen LogP contribution < -0.4 is 5.32 Å². The van der Waals surface area contributed by atoms with Crippen molar-refractivity contribution < 1.29 is 24.9 Å². The van der Waals surface area contributed by atoms with Crippen LogP contribution in [0.5, 0.6) is 5.75 Å². The first-order chi connectivity index (χ1) is 12.4. The number of carboxylic acid groups (broad SMARTS) is 2. The van der Waals surface area contributed by atoms with Crippen LogP contribution in [0.25, 0.3) is 0 Å². The van der Waals surface area contributed by atoms with Crippen LogP contribution in [0, 0.1) is 0 Å². The first-order valence-electron chi connectivity index (χ1n) is 8.37. The van der Waals surface area contributed by atoms with Crippen molar-refractivity contribution in [3.8, 4) is 5.75 Å². The molecule has 0 radical (unpaired) electrons. The molecule has 1 aromatic carbocycles. The summed E-state index contributed by atoms with van der Waals surface area (Å²) in [6.07, 6.45) is 7.81. The Balaban J connectivity index is 0.000000487. The maximum atomic E-state index is 9.43. The second-order valence-electron chi connectivity index (χ2n) is 5.71. The molecule has 0 amide bonds.